The van der Waals surface area contributed by atoms with Gasteiger partial charge in [0.1, 0.15) is 17.9 Å². The molecule has 4 amide bonds. The van der Waals surface area contributed by atoms with E-state index in [1.807, 2.05) is 56.3 Å². The van der Waals surface area contributed by atoms with Crippen molar-refractivity contribution >= 4 is 40.4 Å². The molecule has 6 heteroatoms. The van der Waals surface area contributed by atoms with Crippen LogP contribution in [0.5, 0.6) is 5.75 Å². The Morgan fingerprint density at radius 3 is 2.47 bits per heavy atom. The van der Waals surface area contributed by atoms with E-state index in [1.54, 1.807) is 24.3 Å². The van der Waals surface area contributed by atoms with Crippen LogP contribution in [0.4, 0.5) is 10.5 Å². The molecule has 0 radical (unpaired) electrons. The quantitative estimate of drug-likeness (QED) is 0.296. The van der Waals surface area contributed by atoms with Gasteiger partial charge in [0.15, 0.2) is 0 Å². The monoisotopic (exact) mass is 476 g/mol. The molecule has 0 unspecified atom stereocenters. The normalized spacial score (nSPS) is 14.9. The second-order valence-corrected chi connectivity index (χ2v) is 8.75. The van der Waals surface area contributed by atoms with Gasteiger partial charge in [-0.05, 0) is 65.6 Å². The third kappa shape index (κ3) is 4.49. The molecule has 1 fully saturated rings. The highest BCUT2D eigenvalue weighted by molar-refractivity contribution is 6.39. The molecule has 0 atom stereocenters. The molecule has 1 aliphatic heterocycles. The Hall–Kier alpha value is -4.71. The lowest BCUT2D eigenvalue weighted by Gasteiger charge is -2.27. The van der Waals surface area contributed by atoms with Crippen LogP contribution in [0, 0.1) is 13.8 Å². The van der Waals surface area contributed by atoms with E-state index < -0.39 is 17.8 Å². The van der Waals surface area contributed by atoms with E-state index >= 15 is 0 Å². The number of benzene rings is 4. The Balaban J connectivity index is 1.40. The molecular formula is C30H24N2O4. The Kier molecular flexibility index (Phi) is 6.09. The number of urea groups is 1. The summed E-state index contributed by atoms with van der Waals surface area (Å²) < 4.78 is 6.04. The molecular weight excluding hydrogens is 452 g/mol. The summed E-state index contributed by atoms with van der Waals surface area (Å²) in [6, 6.07) is 26.0. The number of hydrogen-bond acceptors (Lipinski definition) is 4. The molecule has 178 valence electrons. The highest BCUT2D eigenvalue weighted by Gasteiger charge is 2.37. The molecule has 5 rings (SSSR count). The number of carbonyl (C=O) groups excluding carboxylic acids is 3. The summed E-state index contributed by atoms with van der Waals surface area (Å²) in [5, 5.41) is 4.54. The van der Waals surface area contributed by atoms with Crippen molar-refractivity contribution in [2.75, 3.05) is 4.90 Å². The Morgan fingerprint density at radius 2 is 1.64 bits per heavy atom. The fourth-order valence-corrected chi connectivity index (χ4v) is 4.37. The summed E-state index contributed by atoms with van der Waals surface area (Å²) in [4.78, 5) is 39.4. The number of ether oxygens (including phenoxy) is 1. The van der Waals surface area contributed by atoms with Crippen molar-refractivity contribution in [1.29, 1.82) is 0 Å². The largest absolute Gasteiger partial charge is 0.489 e. The van der Waals surface area contributed by atoms with Gasteiger partial charge in [-0.25, -0.2) is 9.69 Å². The zero-order valence-electron chi connectivity index (χ0n) is 19.9. The van der Waals surface area contributed by atoms with Crippen molar-refractivity contribution < 1.29 is 19.1 Å². The smallest absolute Gasteiger partial charge is 0.335 e. The van der Waals surface area contributed by atoms with Crippen molar-refractivity contribution in [3.63, 3.8) is 0 Å². The van der Waals surface area contributed by atoms with Crippen molar-refractivity contribution in [2.24, 2.45) is 0 Å². The standard InChI is InChI=1S/C30H24N2O4/c1-19-13-14-27(20(2)15-19)32-29(34)26(28(33)31-30(32)35)17-21-7-5-11-24(16-21)36-18-23-10-6-9-22-8-3-4-12-25(22)23/h3-17H,18H2,1-2H3,(H,31,33,35)/b26-17-. The van der Waals surface area contributed by atoms with E-state index in [0.29, 0.717) is 23.6 Å². The SMILES string of the molecule is Cc1ccc(N2C(=O)NC(=O)/C(=C/c3cccc(OCc4cccc5ccccc45)c3)C2=O)c(C)c1. The van der Waals surface area contributed by atoms with E-state index in [0.717, 1.165) is 32.4 Å². The molecule has 0 bridgehead atoms. The van der Waals surface area contributed by atoms with Gasteiger partial charge in [-0.3, -0.25) is 14.9 Å². The van der Waals surface area contributed by atoms with Gasteiger partial charge in [-0.1, -0.05) is 72.3 Å². The van der Waals surface area contributed by atoms with Crippen molar-refractivity contribution in [1.82, 2.24) is 5.32 Å². The number of barbiturate groups is 1. The molecule has 36 heavy (non-hydrogen) atoms. The molecule has 0 aliphatic carbocycles. The minimum atomic E-state index is -0.763. The van der Waals surface area contributed by atoms with E-state index in [-0.39, 0.29) is 5.57 Å². The van der Waals surface area contributed by atoms with Gasteiger partial charge in [0.25, 0.3) is 11.8 Å². The van der Waals surface area contributed by atoms with Crippen LogP contribution < -0.4 is 15.0 Å². The molecule has 0 spiro atoms. The summed E-state index contributed by atoms with van der Waals surface area (Å²) in [5.41, 5.74) is 3.75. The van der Waals surface area contributed by atoms with Crippen LogP contribution in [0.15, 0.2) is 90.5 Å². The fourth-order valence-electron chi connectivity index (χ4n) is 4.37. The Morgan fingerprint density at radius 1 is 0.861 bits per heavy atom. The van der Waals surface area contributed by atoms with Gasteiger partial charge in [0.05, 0.1) is 5.69 Å². The number of fused-ring (bicyclic) bond motifs is 1. The molecule has 4 aromatic carbocycles. The zero-order chi connectivity index (χ0) is 25.2. The number of nitrogens with one attached hydrogen (secondary N) is 1. The number of carbonyl (C=O) groups is 3. The average molecular weight is 477 g/mol. The van der Waals surface area contributed by atoms with Crippen molar-refractivity contribution in [3.8, 4) is 5.75 Å². The molecule has 4 aromatic rings. The second-order valence-electron chi connectivity index (χ2n) is 8.75. The molecule has 6 nitrogen and oxygen atoms in total. The Labute approximate surface area is 208 Å². The third-order valence-corrected chi connectivity index (χ3v) is 6.14. The highest BCUT2D eigenvalue weighted by Crippen LogP contribution is 2.27. The lowest BCUT2D eigenvalue weighted by Crippen LogP contribution is -2.54. The maximum atomic E-state index is 13.3. The minimum absolute atomic E-state index is 0.124. The number of amides is 4. The van der Waals surface area contributed by atoms with Gasteiger partial charge in [-0.2, -0.15) is 0 Å². The minimum Gasteiger partial charge on any atom is -0.489 e. The first kappa shape index (κ1) is 23.1. The predicted molar refractivity (Wildman–Crippen MR) is 140 cm³/mol. The average Bonchev–Trinajstić information content (AvgIpc) is 2.86. The number of aryl methyl sites for hydroxylation is 2. The number of rotatable bonds is 5. The number of nitrogens with zero attached hydrogens (tertiary/aromatic N) is 1. The zero-order valence-corrected chi connectivity index (χ0v) is 19.9. The van der Waals surface area contributed by atoms with Crippen molar-refractivity contribution in [3.05, 3.63) is 113 Å². The lowest BCUT2D eigenvalue weighted by molar-refractivity contribution is -0.122. The van der Waals surface area contributed by atoms with Gasteiger partial charge < -0.3 is 4.74 Å². The van der Waals surface area contributed by atoms with Gasteiger partial charge in [0.2, 0.25) is 0 Å². The van der Waals surface area contributed by atoms with Gasteiger partial charge >= 0.3 is 6.03 Å². The van der Waals surface area contributed by atoms with Crippen LogP contribution in [0.25, 0.3) is 16.8 Å². The molecule has 0 aromatic heterocycles. The second kappa shape index (κ2) is 9.50. The Bertz CT molecular complexity index is 1550. The van der Waals surface area contributed by atoms with E-state index in [1.165, 1.54) is 6.08 Å². The van der Waals surface area contributed by atoms with Crippen LogP contribution in [-0.4, -0.2) is 17.8 Å². The molecule has 1 N–H and O–H groups in total. The number of anilines is 1. The first-order chi connectivity index (χ1) is 17.4. The first-order valence-corrected chi connectivity index (χ1v) is 11.6. The van der Waals surface area contributed by atoms with Crippen LogP contribution in [0.1, 0.15) is 22.3 Å². The lowest BCUT2D eigenvalue weighted by atomic mass is 10.0. The highest BCUT2D eigenvalue weighted by atomic mass is 16.5. The van der Waals surface area contributed by atoms with Crippen LogP contribution in [-0.2, 0) is 16.2 Å². The maximum Gasteiger partial charge on any atom is 0.335 e. The van der Waals surface area contributed by atoms with Crippen LogP contribution in [0.3, 0.4) is 0 Å². The molecule has 0 saturated carbocycles. The topological polar surface area (TPSA) is 75.7 Å². The maximum absolute atomic E-state index is 13.3. The molecule has 1 aliphatic rings. The summed E-state index contributed by atoms with van der Waals surface area (Å²) in [7, 11) is 0. The third-order valence-electron chi connectivity index (χ3n) is 6.14. The predicted octanol–water partition coefficient (Wildman–Crippen LogP) is 5.70. The summed E-state index contributed by atoms with van der Waals surface area (Å²) in [5.74, 6) is -0.797. The van der Waals surface area contributed by atoms with Gasteiger partial charge in [0, 0.05) is 0 Å². The van der Waals surface area contributed by atoms with E-state index in [9.17, 15) is 14.4 Å². The fraction of sp³-hybridized carbons (Fsp3) is 0.100. The first-order valence-electron chi connectivity index (χ1n) is 11.6. The number of hydrogen-bond donors (Lipinski definition) is 1. The summed E-state index contributed by atoms with van der Waals surface area (Å²) >= 11 is 0. The summed E-state index contributed by atoms with van der Waals surface area (Å²) in [6.07, 6.45) is 1.48. The van der Waals surface area contributed by atoms with Crippen LogP contribution >= 0.6 is 0 Å². The van der Waals surface area contributed by atoms with E-state index in [4.69, 9.17) is 4.74 Å². The van der Waals surface area contributed by atoms with Gasteiger partial charge in [-0.15, -0.1) is 0 Å². The number of imide groups is 2. The molecule has 1 saturated heterocycles. The van der Waals surface area contributed by atoms with Crippen molar-refractivity contribution in [2.45, 2.75) is 20.5 Å². The van der Waals surface area contributed by atoms with E-state index in [2.05, 4.69) is 23.5 Å². The van der Waals surface area contributed by atoms with Crippen LogP contribution in [0.2, 0.25) is 0 Å². The summed E-state index contributed by atoms with van der Waals surface area (Å²) in [6.45, 7) is 4.12. The molecule has 1 heterocycles.